The normalized spacial score (nSPS) is 21.2. The maximum atomic E-state index is 3.46. The molecule has 0 spiro atoms. The number of nitrogens with one attached hydrogen (secondary N) is 1. The summed E-state index contributed by atoms with van der Waals surface area (Å²) in [6, 6.07) is 0.776. The maximum Gasteiger partial charge on any atom is 0.00640 e. The van der Waals surface area contributed by atoms with Crippen LogP contribution in [0.5, 0.6) is 0 Å². The van der Waals surface area contributed by atoms with Gasteiger partial charge in [0.25, 0.3) is 0 Å². The summed E-state index contributed by atoms with van der Waals surface area (Å²) < 4.78 is 0. The molecule has 0 aromatic heterocycles. The Hall–Kier alpha value is -0.0400. The highest BCUT2D eigenvalue weighted by atomic mass is 14.9. The molecule has 15 heavy (non-hydrogen) atoms. The minimum atomic E-state index is 0.776. The lowest BCUT2D eigenvalue weighted by atomic mass is 9.92. The van der Waals surface area contributed by atoms with Gasteiger partial charge in [-0.25, -0.2) is 0 Å². The first kappa shape index (κ1) is 13.0. The summed E-state index contributed by atoms with van der Waals surface area (Å²) >= 11 is 0. The standard InChI is InChI=1S/C14H29N/c1-3-8-14(15-2)12-11-13-9-6-4-5-7-10-13/h13-15H,3-12H2,1-2H3. The Bertz CT molecular complexity index is 136. The van der Waals surface area contributed by atoms with Crippen molar-refractivity contribution < 1.29 is 0 Å². The van der Waals surface area contributed by atoms with Crippen LogP contribution in [0.25, 0.3) is 0 Å². The van der Waals surface area contributed by atoms with Crippen LogP contribution in [-0.2, 0) is 0 Å². The van der Waals surface area contributed by atoms with Crippen LogP contribution in [0, 0.1) is 5.92 Å². The summed E-state index contributed by atoms with van der Waals surface area (Å²) in [7, 11) is 2.12. The maximum absolute atomic E-state index is 3.46. The Labute approximate surface area is 96.0 Å². The van der Waals surface area contributed by atoms with Crippen molar-refractivity contribution in [3.8, 4) is 0 Å². The van der Waals surface area contributed by atoms with Gasteiger partial charge in [0.05, 0.1) is 0 Å². The van der Waals surface area contributed by atoms with E-state index in [4.69, 9.17) is 0 Å². The van der Waals surface area contributed by atoms with Crippen LogP contribution in [0.15, 0.2) is 0 Å². The fourth-order valence-electron chi connectivity index (χ4n) is 2.87. The molecule has 0 heterocycles. The molecule has 0 aliphatic heterocycles. The van der Waals surface area contributed by atoms with Gasteiger partial charge in [-0.2, -0.15) is 0 Å². The Morgan fingerprint density at radius 2 is 1.73 bits per heavy atom. The van der Waals surface area contributed by atoms with Gasteiger partial charge in [0.1, 0.15) is 0 Å². The number of rotatable bonds is 6. The van der Waals surface area contributed by atoms with E-state index < -0.39 is 0 Å². The lowest BCUT2D eigenvalue weighted by molar-refractivity contribution is 0.369. The Morgan fingerprint density at radius 3 is 2.27 bits per heavy atom. The lowest BCUT2D eigenvalue weighted by Gasteiger charge is -2.19. The molecule has 1 atom stereocenters. The molecule has 90 valence electrons. The van der Waals surface area contributed by atoms with Crippen LogP contribution >= 0.6 is 0 Å². The molecule has 1 N–H and O–H groups in total. The zero-order valence-corrected chi connectivity index (χ0v) is 10.7. The van der Waals surface area contributed by atoms with E-state index in [2.05, 4.69) is 19.3 Å². The fraction of sp³-hybridized carbons (Fsp3) is 1.00. The van der Waals surface area contributed by atoms with Gasteiger partial charge in [0, 0.05) is 6.04 Å². The molecule has 0 aromatic rings. The molecule has 1 saturated carbocycles. The zero-order valence-electron chi connectivity index (χ0n) is 10.7. The van der Waals surface area contributed by atoms with Gasteiger partial charge in [0.15, 0.2) is 0 Å². The Kier molecular flexibility index (Phi) is 7.08. The van der Waals surface area contributed by atoms with E-state index in [-0.39, 0.29) is 0 Å². The molecule has 1 fully saturated rings. The SMILES string of the molecule is CCCC(CCC1CCCCCC1)NC. The minimum absolute atomic E-state index is 0.776. The fourth-order valence-corrected chi connectivity index (χ4v) is 2.87. The first-order chi connectivity index (χ1) is 7.36. The Balaban J connectivity index is 2.15. The molecule has 0 amide bonds. The van der Waals surface area contributed by atoms with Crippen molar-refractivity contribution >= 4 is 0 Å². The highest BCUT2D eigenvalue weighted by Crippen LogP contribution is 2.27. The van der Waals surface area contributed by atoms with Crippen molar-refractivity contribution in [2.45, 2.75) is 77.2 Å². The van der Waals surface area contributed by atoms with Gasteiger partial charge < -0.3 is 5.32 Å². The monoisotopic (exact) mass is 211 g/mol. The first-order valence-corrected chi connectivity index (χ1v) is 7.04. The third-order valence-corrected chi connectivity index (χ3v) is 3.94. The van der Waals surface area contributed by atoms with Crippen molar-refractivity contribution in [3.63, 3.8) is 0 Å². The summed E-state index contributed by atoms with van der Waals surface area (Å²) in [5.74, 6) is 1.04. The molecule has 1 unspecified atom stereocenters. The van der Waals surface area contributed by atoms with Gasteiger partial charge in [-0.15, -0.1) is 0 Å². The largest absolute Gasteiger partial charge is 0.317 e. The zero-order chi connectivity index (χ0) is 10.9. The summed E-state index contributed by atoms with van der Waals surface area (Å²) in [5, 5.41) is 3.46. The second-order valence-corrected chi connectivity index (χ2v) is 5.21. The van der Waals surface area contributed by atoms with Gasteiger partial charge in [-0.05, 0) is 32.2 Å². The summed E-state index contributed by atoms with van der Waals surface area (Å²) in [6.07, 6.45) is 14.5. The van der Waals surface area contributed by atoms with Crippen molar-refractivity contribution in [1.82, 2.24) is 5.32 Å². The molecule has 1 rings (SSSR count). The van der Waals surface area contributed by atoms with Crippen LogP contribution in [0.3, 0.4) is 0 Å². The molecule has 0 bridgehead atoms. The molecule has 1 heteroatoms. The van der Waals surface area contributed by atoms with Gasteiger partial charge in [0.2, 0.25) is 0 Å². The van der Waals surface area contributed by atoms with Crippen molar-refractivity contribution in [2.24, 2.45) is 5.92 Å². The van der Waals surface area contributed by atoms with E-state index in [1.165, 1.54) is 64.2 Å². The van der Waals surface area contributed by atoms with Gasteiger partial charge in [-0.3, -0.25) is 0 Å². The first-order valence-electron chi connectivity index (χ1n) is 7.04. The second-order valence-electron chi connectivity index (χ2n) is 5.21. The molecule has 0 saturated heterocycles. The molecule has 1 aliphatic carbocycles. The van der Waals surface area contributed by atoms with Crippen LogP contribution in [0.2, 0.25) is 0 Å². The summed E-state index contributed by atoms with van der Waals surface area (Å²) in [4.78, 5) is 0. The smallest absolute Gasteiger partial charge is 0.00640 e. The quantitative estimate of drug-likeness (QED) is 0.652. The van der Waals surface area contributed by atoms with Gasteiger partial charge >= 0.3 is 0 Å². The molecule has 1 nitrogen and oxygen atoms in total. The van der Waals surface area contributed by atoms with E-state index in [9.17, 15) is 0 Å². The van der Waals surface area contributed by atoms with Crippen LogP contribution in [-0.4, -0.2) is 13.1 Å². The van der Waals surface area contributed by atoms with E-state index in [1.807, 2.05) is 0 Å². The topological polar surface area (TPSA) is 12.0 Å². The summed E-state index contributed by atoms with van der Waals surface area (Å²) in [6.45, 7) is 2.29. The van der Waals surface area contributed by atoms with Crippen molar-refractivity contribution in [1.29, 1.82) is 0 Å². The van der Waals surface area contributed by atoms with E-state index in [1.54, 1.807) is 0 Å². The molecular weight excluding hydrogens is 182 g/mol. The predicted octanol–water partition coefficient (Wildman–Crippen LogP) is 4.13. The second kappa shape index (κ2) is 8.15. The molecule has 1 aliphatic rings. The number of hydrogen-bond acceptors (Lipinski definition) is 1. The lowest BCUT2D eigenvalue weighted by Crippen LogP contribution is -2.25. The third kappa shape index (κ3) is 5.55. The van der Waals surface area contributed by atoms with Gasteiger partial charge in [-0.1, -0.05) is 51.9 Å². The average Bonchev–Trinajstić information content (AvgIpc) is 2.52. The molecular formula is C14H29N. The van der Waals surface area contributed by atoms with Crippen molar-refractivity contribution in [3.05, 3.63) is 0 Å². The Morgan fingerprint density at radius 1 is 1.07 bits per heavy atom. The van der Waals surface area contributed by atoms with Crippen molar-refractivity contribution in [2.75, 3.05) is 7.05 Å². The van der Waals surface area contributed by atoms with E-state index >= 15 is 0 Å². The van der Waals surface area contributed by atoms with E-state index in [0.29, 0.717) is 0 Å². The van der Waals surface area contributed by atoms with E-state index in [0.717, 1.165) is 12.0 Å². The average molecular weight is 211 g/mol. The third-order valence-electron chi connectivity index (χ3n) is 3.94. The minimum Gasteiger partial charge on any atom is -0.317 e. The highest BCUT2D eigenvalue weighted by molar-refractivity contribution is 4.70. The van der Waals surface area contributed by atoms with Crippen LogP contribution in [0.1, 0.15) is 71.1 Å². The molecule has 0 aromatic carbocycles. The van der Waals surface area contributed by atoms with Crippen LogP contribution < -0.4 is 5.32 Å². The van der Waals surface area contributed by atoms with Crippen LogP contribution in [0.4, 0.5) is 0 Å². The molecule has 0 radical (unpaired) electrons. The predicted molar refractivity (Wildman–Crippen MR) is 68.2 cm³/mol. The summed E-state index contributed by atoms with van der Waals surface area (Å²) in [5.41, 5.74) is 0. The number of hydrogen-bond donors (Lipinski definition) is 1. The highest BCUT2D eigenvalue weighted by Gasteiger charge is 2.14.